The molecule has 0 aromatic carbocycles. The molecule has 1 unspecified atom stereocenters. The Morgan fingerprint density at radius 3 is 2.58 bits per heavy atom. The summed E-state index contributed by atoms with van der Waals surface area (Å²) in [5.74, 6) is 0.845. The zero-order valence-corrected chi connectivity index (χ0v) is 12.4. The lowest BCUT2D eigenvalue weighted by Gasteiger charge is -2.31. The molecule has 1 saturated carbocycles. The van der Waals surface area contributed by atoms with Crippen LogP contribution in [0.5, 0.6) is 0 Å². The van der Waals surface area contributed by atoms with E-state index in [9.17, 15) is 0 Å². The largest absolute Gasteiger partial charge is 0.306 e. The number of hydrogen-bond donors (Lipinski definition) is 1. The van der Waals surface area contributed by atoms with Crippen molar-refractivity contribution in [2.75, 3.05) is 40.3 Å². The van der Waals surface area contributed by atoms with Crippen LogP contribution in [0.3, 0.4) is 0 Å². The lowest BCUT2D eigenvalue weighted by atomic mass is 9.96. The van der Waals surface area contributed by atoms with Crippen molar-refractivity contribution in [2.45, 2.75) is 44.2 Å². The Kier molecular flexibility index (Phi) is 5.62. The molecule has 0 bridgehead atoms. The predicted molar refractivity (Wildman–Crippen MR) is 77.9 cm³/mol. The van der Waals surface area contributed by atoms with Gasteiger partial charge in [-0.05, 0) is 65.2 Å². The summed E-state index contributed by atoms with van der Waals surface area (Å²) in [5.41, 5.74) is 0. The Hall–Kier alpha value is -0.630. The van der Waals surface area contributed by atoms with Crippen LogP contribution in [0.4, 0.5) is 0 Å². The molecule has 108 valence electrons. The standard InChI is InChI=1S/C15H28N4/c1-18-8-5-13(6-9-18)12-19(2)10-7-15(11-16)17-14-3-4-14/h13-15,17H,3-10,12H2,1-2H3. The molecule has 1 atom stereocenters. The van der Waals surface area contributed by atoms with Crippen LogP contribution in [0.2, 0.25) is 0 Å². The average Bonchev–Trinajstić information content (AvgIpc) is 3.21. The van der Waals surface area contributed by atoms with Gasteiger partial charge in [-0.3, -0.25) is 5.32 Å². The third kappa shape index (κ3) is 5.48. The molecule has 0 aromatic rings. The fourth-order valence-corrected chi connectivity index (χ4v) is 2.85. The third-order valence-electron chi connectivity index (χ3n) is 4.38. The maximum Gasteiger partial charge on any atom is 0.0967 e. The molecule has 4 nitrogen and oxygen atoms in total. The summed E-state index contributed by atoms with van der Waals surface area (Å²) >= 11 is 0. The molecule has 1 N–H and O–H groups in total. The van der Waals surface area contributed by atoms with Gasteiger partial charge in [0, 0.05) is 19.1 Å². The average molecular weight is 264 g/mol. The minimum absolute atomic E-state index is 0.0486. The molecule has 1 heterocycles. The number of nitriles is 1. The molecule has 2 aliphatic rings. The molecular formula is C15H28N4. The number of hydrogen-bond acceptors (Lipinski definition) is 4. The van der Waals surface area contributed by atoms with Crippen LogP contribution in [0.1, 0.15) is 32.1 Å². The summed E-state index contributed by atoms with van der Waals surface area (Å²) in [4.78, 5) is 4.83. The Bertz CT molecular complexity index is 300. The van der Waals surface area contributed by atoms with Gasteiger partial charge in [-0.2, -0.15) is 5.26 Å². The number of rotatable bonds is 7. The highest BCUT2D eigenvalue weighted by Crippen LogP contribution is 2.20. The quantitative estimate of drug-likeness (QED) is 0.752. The highest BCUT2D eigenvalue weighted by Gasteiger charge is 2.24. The first kappa shape index (κ1) is 14.8. The number of likely N-dealkylation sites (tertiary alicyclic amines) is 1. The lowest BCUT2D eigenvalue weighted by molar-refractivity contribution is 0.174. The van der Waals surface area contributed by atoms with Crippen molar-refractivity contribution in [2.24, 2.45) is 5.92 Å². The van der Waals surface area contributed by atoms with Gasteiger partial charge in [-0.15, -0.1) is 0 Å². The van der Waals surface area contributed by atoms with E-state index in [0.717, 1.165) is 18.9 Å². The van der Waals surface area contributed by atoms with Gasteiger partial charge in [0.2, 0.25) is 0 Å². The first-order valence-electron chi connectivity index (χ1n) is 7.70. The second-order valence-electron chi connectivity index (χ2n) is 6.42. The Morgan fingerprint density at radius 2 is 2.00 bits per heavy atom. The van der Waals surface area contributed by atoms with Crippen LogP contribution in [-0.2, 0) is 0 Å². The van der Waals surface area contributed by atoms with Gasteiger partial charge in [0.1, 0.15) is 0 Å². The number of nitrogens with one attached hydrogen (secondary N) is 1. The van der Waals surface area contributed by atoms with Crippen LogP contribution in [0, 0.1) is 17.2 Å². The minimum atomic E-state index is 0.0486. The van der Waals surface area contributed by atoms with Crippen LogP contribution < -0.4 is 5.32 Å². The van der Waals surface area contributed by atoms with Crippen LogP contribution in [-0.4, -0.2) is 62.2 Å². The summed E-state index contributed by atoms with van der Waals surface area (Å²) in [7, 11) is 4.41. The van der Waals surface area contributed by atoms with Gasteiger partial charge in [-0.25, -0.2) is 0 Å². The molecule has 4 heteroatoms. The minimum Gasteiger partial charge on any atom is -0.306 e. The predicted octanol–water partition coefficient (Wildman–Crippen LogP) is 1.29. The first-order chi connectivity index (χ1) is 9.17. The molecule has 19 heavy (non-hydrogen) atoms. The van der Waals surface area contributed by atoms with Crippen molar-refractivity contribution < 1.29 is 0 Å². The maximum absolute atomic E-state index is 9.13. The molecule has 0 radical (unpaired) electrons. The van der Waals surface area contributed by atoms with Crippen LogP contribution in [0.25, 0.3) is 0 Å². The lowest BCUT2D eigenvalue weighted by Crippen LogP contribution is -2.38. The van der Waals surface area contributed by atoms with Crippen molar-refractivity contribution in [3.8, 4) is 6.07 Å². The van der Waals surface area contributed by atoms with E-state index in [1.807, 2.05) is 0 Å². The topological polar surface area (TPSA) is 42.3 Å². The van der Waals surface area contributed by atoms with E-state index in [2.05, 4.69) is 35.3 Å². The fraction of sp³-hybridized carbons (Fsp3) is 0.933. The normalized spacial score (nSPS) is 23.5. The number of piperidine rings is 1. The van der Waals surface area contributed by atoms with E-state index in [0.29, 0.717) is 6.04 Å². The smallest absolute Gasteiger partial charge is 0.0967 e. The molecule has 0 aromatic heterocycles. The summed E-state index contributed by atoms with van der Waals surface area (Å²) in [5, 5.41) is 12.5. The van der Waals surface area contributed by atoms with Gasteiger partial charge >= 0.3 is 0 Å². The molecular weight excluding hydrogens is 236 g/mol. The third-order valence-corrected chi connectivity index (χ3v) is 4.38. The molecule has 2 rings (SSSR count). The van der Waals surface area contributed by atoms with E-state index < -0.39 is 0 Å². The van der Waals surface area contributed by atoms with Crippen molar-refractivity contribution in [3.63, 3.8) is 0 Å². The van der Waals surface area contributed by atoms with E-state index in [1.165, 1.54) is 45.3 Å². The second kappa shape index (κ2) is 7.23. The van der Waals surface area contributed by atoms with Crippen LogP contribution >= 0.6 is 0 Å². The van der Waals surface area contributed by atoms with Gasteiger partial charge in [-0.1, -0.05) is 0 Å². The van der Waals surface area contributed by atoms with Crippen molar-refractivity contribution >= 4 is 0 Å². The van der Waals surface area contributed by atoms with Crippen LogP contribution in [0.15, 0.2) is 0 Å². The summed E-state index contributed by atoms with van der Waals surface area (Å²) in [6.07, 6.45) is 6.11. The van der Waals surface area contributed by atoms with E-state index in [4.69, 9.17) is 5.26 Å². The van der Waals surface area contributed by atoms with E-state index in [-0.39, 0.29) is 6.04 Å². The first-order valence-corrected chi connectivity index (χ1v) is 7.70. The monoisotopic (exact) mass is 264 g/mol. The second-order valence-corrected chi connectivity index (χ2v) is 6.42. The summed E-state index contributed by atoms with van der Waals surface area (Å²) in [6, 6.07) is 3.07. The Balaban J connectivity index is 1.60. The molecule has 1 saturated heterocycles. The molecule has 1 aliphatic carbocycles. The Labute approximate surface area is 117 Å². The highest BCUT2D eigenvalue weighted by atomic mass is 15.1. The SMILES string of the molecule is CN1CCC(CN(C)CCC(C#N)NC2CC2)CC1. The van der Waals surface area contributed by atoms with Gasteiger partial charge in [0.05, 0.1) is 12.1 Å². The van der Waals surface area contributed by atoms with Crippen molar-refractivity contribution in [1.29, 1.82) is 5.26 Å². The van der Waals surface area contributed by atoms with E-state index >= 15 is 0 Å². The molecule has 2 fully saturated rings. The van der Waals surface area contributed by atoms with Gasteiger partial charge < -0.3 is 9.80 Å². The Morgan fingerprint density at radius 1 is 1.32 bits per heavy atom. The van der Waals surface area contributed by atoms with Gasteiger partial charge in [0.15, 0.2) is 0 Å². The fourth-order valence-electron chi connectivity index (χ4n) is 2.85. The zero-order chi connectivity index (χ0) is 13.7. The van der Waals surface area contributed by atoms with Crippen molar-refractivity contribution in [1.82, 2.24) is 15.1 Å². The molecule has 0 spiro atoms. The molecule has 0 amide bonds. The maximum atomic E-state index is 9.13. The van der Waals surface area contributed by atoms with E-state index in [1.54, 1.807) is 0 Å². The zero-order valence-electron chi connectivity index (χ0n) is 12.4. The molecule has 1 aliphatic heterocycles. The number of nitrogens with zero attached hydrogens (tertiary/aromatic N) is 3. The summed E-state index contributed by atoms with van der Waals surface area (Å²) in [6.45, 7) is 4.70. The highest BCUT2D eigenvalue weighted by molar-refractivity contribution is 4.96. The van der Waals surface area contributed by atoms with Gasteiger partial charge in [0.25, 0.3) is 0 Å². The van der Waals surface area contributed by atoms with Crippen molar-refractivity contribution in [3.05, 3.63) is 0 Å². The summed E-state index contributed by atoms with van der Waals surface area (Å²) < 4.78 is 0.